The highest BCUT2D eigenvalue weighted by atomic mass is 19.4. The highest BCUT2D eigenvalue weighted by Crippen LogP contribution is 2.49. The Labute approximate surface area is 212 Å². The molecule has 1 fully saturated rings. The van der Waals surface area contributed by atoms with Crippen molar-refractivity contribution in [2.24, 2.45) is 0 Å². The minimum Gasteiger partial charge on any atom is -0.497 e. The zero-order chi connectivity index (χ0) is 26.5. The standard InChI is InChI=1S/C27H27F3N4O3/c1-16(35)33(2)15-26(12-13-26)18-6-8-19(9-7-18)34-14-21(17-4-10-20(37-3)11-5-17)22-23(25(34)36)31-32-24(22)27(28,29)30/h4-11,21H,12-15H2,1-3H3,(H,31,32). The number of H-pyrrole nitrogens is 1. The van der Waals surface area contributed by atoms with E-state index < -0.39 is 23.7 Å². The number of hydrogen-bond donors (Lipinski definition) is 1. The highest BCUT2D eigenvalue weighted by Gasteiger charge is 2.47. The van der Waals surface area contributed by atoms with E-state index in [-0.39, 0.29) is 29.1 Å². The summed E-state index contributed by atoms with van der Waals surface area (Å²) < 4.78 is 46.6. The van der Waals surface area contributed by atoms with Crippen LogP contribution in [0.3, 0.4) is 0 Å². The molecule has 1 aliphatic carbocycles. The molecule has 5 rings (SSSR count). The molecule has 10 heteroatoms. The molecule has 7 nitrogen and oxygen atoms in total. The third-order valence-electron chi connectivity index (χ3n) is 7.49. The van der Waals surface area contributed by atoms with Crippen molar-refractivity contribution in [3.05, 3.63) is 76.6 Å². The van der Waals surface area contributed by atoms with Crippen molar-refractivity contribution >= 4 is 17.5 Å². The lowest BCUT2D eigenvalue weighted by molar-refractivity contribution is -0.141. The lowest BCUT2D eigenvalue weighted by Crippen LogP contribution is -2.41. The fourth-order valence-corrected chi connectivity index (χ4v) is 5.14. The van der Waals surface area contributed by atoms with Crippen LogP contribution in [0.1, 0.15) is 58.6 Å². The van der Waals surface area contributed by atoms with Crippen LogP contribution in [0.25, 0.3) is 0 Å². The van der Waals surface area contributed by atoms with Crippen molar-refractivity contribution in [2.45, 2.75) is 37.3 Å². The predicted molar refractivity (Wildman–Crippen MR) is 131 cm³/mol. The normalized spacial score (nSPS) is 18.4. The summed E-state index contributed by atoms with van der Waals surface area (Å²) >= 11 is 0. The molecule has 1 atom stereocenters. The van der Waals surface area contributed by atoms with Crippen molar-refractivity contribution < 1.29 is 27.5 Å². The van der Waals surface area contributed by atoms with Gasteiger partial charge in [0.05, 0.1) is 7.11 Å². The highest BCUT2D eigenvalue weighted by molar-refractivity contribution is 6.07. The lowest BCUT2D eigenvalue weighted by atomic mass is 9.85. The Kier molecular flexibility index (Phi) is 6.00. The van der Waals surface area contributed by atoms with E-state index >= 15 is 0 Å². The van der Waals surface area contributed by atoms with Gasteiger partial charge in [0.2, 0.25) is 5.91 Å². The molecule has 2 aliphatic rings. The van der Waals surface area contributed by atoms with Crippen molar-refractivity contribution in [1.29, 1.82) is 0 Å². The minimum absolute atomic E-state index is 0.0000279. The van der Waals surface area contributed by atoms with E-state index in [1.165, 1.54) is 18.9 Å². The van der Waals surface area contributed by atoms with Crippen LogP contribution in [0, 0.1) is 0 Å². The summed E-state index contributed by atoms with van der Waals surface area (Å²) in [6, 6.07) is 14.3. The van der Waals surface area contributed by atoms with Crippen LogP contribution in [0.2, 0.25) is 0 Å². The van der Waals surface area contributed by atoms with Gasteiger partial charge in [0.25, 0.3) is 5.91 Å². The topological polar surface area (TPSA) is 78.5 Å². The van der Waals surface area contributed by atoms with Gasteiger partial charge in [0.1, 0.15) is 11.4 Å². The maximum atomic E-state index is 13.8. The smallest absolute Gasteiger partial charge is 0.435 e. The summed E-state index contributed by atoms with van der Waals surface area (Å²) in [5, 5.41) is 5.86. The number of likely N-dealkylation sites (N-methyl/N-ethyl adjacent to an activating group) is 1. The van der Waals surface area contributed by atoms with E-state index in [1.807, 2.05) is 24.3 Å². The molecule has 194 valence electrons. The van der Waals surface area contributed by atoms with E-state index in [4.69, 9.17) is 4.74 Å². The average molecular weight is 513 g/mol. The molecule has 2 aromatic carbocycles. The van der Waals surface area contributed by atoms with Crippen molar-refractivity contribution in [3.8, 4) is 5.75 Å². The molecule has 1 unspecified atom stereocenters. The number of aromatic amines is 1. The second kappa shape index (κ2) is 8.93. The maximum Gasteiger partial charge on any atom is 0.435 e. The molecule has 2 amide bonds. The maximum absolute atomic E-state index is 13.8. The number of alkyl halides is 3. The molecule has 37 heavy (non-hydrogen) atoms. The SMILES string of the molecule is COc1ccc(C2CN(c3ccc(C4(CN(C)C(C)=O)CC4)cc3)C(=O)c3[nH]nc(C(F)(F)F)c32)cc1. The van der Waals surface area contributed by atoms with Gasteiger partial charge in [-0.05, 0) is 48.2 Å². The van der Waals surface area contributed by atoms with Crippen LogP contribution >= 0.6 is 0 Å². The number of methoxy groups -OCH3 is 1. The third-order valence-corrected chi connectivity index (χ3v) is 7.49. The molecular weight excluding hydrogens is 485 g/mol. The van der Waals surface area contributed by atoms with Gasteiger partial charge in [-0.25, -0.2) is 0 Å². The zero-order valence-electron chi connectivity index (χ0n) is 20.7. The van der Waals surface area contributed by atoms with Crippen LogP contribution in [0.5, 0.6) is 5.75 Å². The quantitative estimate of drug-likeness (QED) is 0.518. The van der Waals surface area contributed by atoms with E-state index in [2.05, 4.69) is 10.2 Å². The third kappa shape index (κ3) is 4.45. The van der Waals surface area contributed by atoms with Crippen molar-refractivity contribution in [3.63, 3.8) is 0 Å². The molecule has 1 saturated carbocycles. The van der Waals surface area contributed by atoms with Gasteiger partial charge in [0.15, 0.2) is 5.69 Å². The molecule has 2 heterocycles. The summed E-state index contributed by atoms with van der Waals surface area (Å²) in [6.07, 6.45) is -2.78. The zero-order valence-corrected chi connectivity index (χ0v) is 20.7. The number of halogens is 3. The fraction of sp³-hybridized carbons (Fsp3) is 0.370. The molecule has 0 saturated heterocycles. The van der Waals surface area contributed by atoms with E-state index in [1.54, 1.807) is 36.2 Å². The van der Waals surface area contributed by atoms with Gasteiger partial charge in [-0.1, -0.05) is 24.3 Å². The number of ether oxygens (including phenoxy) is 1. The largest absolute Gasteiger partial charge is 0.497 e. The van der Waals surface area contributed by atoms with Gasteiger partial charge in [-0.15, -0.1) is 0 Å². The number of rotatable bonds is 6. The number of nitrogens with zero attached hydrogens (tertiary/aromatic N) is 3. The number of carbonyl (C=O) groups excluding carboxylic acids is 2. The number of carbonyl (C=O) groups is 2. The number of hydrogen-bond acceptors (Lipinski definition) is 4. The molecule has 3 aromatic rings. The van der Waals surface area contributed by atoms with E-state index in [0.29, 0.717) is 23.5 Å². The molecule has 1 aromatic heterocycles. The van der Waals surface area contributed by atoms with Crippen LogP contribution < -0.4 is 9.64 Å². The van der Waals surface area contributed by atoms with Gasteiger partial charge in [0, 0.05) is 49.6 Å². The Morgan fingerprint density at radius 1 is 1.16 bits per heavy atom. The summed E-state index contributed by atoms with van der Waals surface area (Å²) in [5.74, 6) is -0.725. The molecule has 1 N–H and O–H groups in total. The fourth-order valence-electron chi connectivity index (χ4n) is 5.14. The van der Waals surface area contributed by atoms with Gasteiger partial charge in [-0.2, -0.15) is 18.3 Å². The Balaban J connectivity index is 1.50. The first-order valence-corrected chi connectivity index (χ1v) is 12.0. The summed E-state index contributed by atoms with van der Waals surface area (Å²) in [6.45, 7) is 2.17. The van der Waals surface area contributed by atoms with E-state index in [9.17, 15) is 22.8 Å². The number of aromatic nitrogens is 2. The molecule has 0 bridgehead atoms. The first-order chi connectivity index (χ1) is 17.5. The average Bonchev–Trinajstić information content (AvgIpc) is 3.50. The summed E-state index contributed by atoms with van der Waals surface area (Å²) in [5.41, 5.74) is 0.794. The van der Waals surface area contributed by atoms with Gasteiger partial charge < -0.3 is 14.5 Å². The Hall–Kier alpha value is -3.82. The number of benzene rings is 2. The van der Waals surface area contributed by atoms with Crippen molar-refractivity contribution in [1.82, 2.24) is 15.1 Å². The number of fused-ring (bicyclic) bond motifs is 1. The monoisotopic (exact) mass is 512 g/mol. The van der Waals surface area contributed by atoms with Crippen LogP contribution in [-0.4, -0.2) is 54.2 Å². The van der Waals surface area contributed by atoms with Gasteiger partial charge >= 0.3 is 6.18 Å². The van der Waals surface area contributed by atoms with Crippen LogP contribution in [-0.2, 0) is 16.4 Å². The molecule has 1 aliphatic heterocycles. The number of anilines is 1. The van der Waals surface area contributed by atoms with Crippen LogP contribution in [0.15, 0.2) is 48.5 Å². The minimum atomic E-state index is -4.70. The Bertz CT molecular complexity index is 1330. The predicted octanol–water partition coefficient (Wildman–Crippen LogP) is 4.74. The Morgan fingerprint density at radius 2 is 1.81 bits per heavy atom. The molecule has 0 radical (unpaired) electrons. The summed E-state index contributed by atoms with van der Waals surface area (Å²) in [4.78, 5) is 28.3. The molecular formula is C27H27F3N4O3. The lowest BCUT2D eigenvalue weighted by Gasteiger charge is -2.33. The first kappa shape index (κ1) is 24.9. The Morgan fingerprint density at radius 3 is 2.35 bits per heavy atom. The number of nitrogens with one attached hydrogen (secondary N) is 1. The van der Waals surface area contributed by atoms with E-state index in [0.717, 1.165) is 18.4 Å². The number of amides is 2. The van der Waals surface area contributed by atoms with Crippen LogP contribution in [0.4, 0.5) is 18.9 Å². The first-order valence-electron chi connectivity index (χ1n) is 12.0. The summed E-state index contributed by atoms with van der Waals surface area (Å²) in [7, 11) is 3.29. The second-order valence-corrected chi connectivity index (χ2v) is 9.80. The van der Waals surface area contributed by atoms with Crippen molar-refractivity contribution in [2.75, 3.05) is 32.1 Å². The molecule has 0 spiro atoms. The second-order valence-electron chi connectivity index (χ2n) is 9.80. The van der Waals surface area contributed by atoms with Gasteiger partial charge in [-0.3, -0.25) is 14.7 Å².